The Kier molecular flexibility index (Phi) is 12.0. The van der Waals surface area contributed by atoms with Crippen LogP contribution in [0.1, 0.15) is 36.8 Å². The van der Waals surface area contributed by atoms with E-state index in [2.05, 4.69) is 5.32 Å². The molecule has 0 aliphatic carbocycles. The Hall–Kier alpha value is -2.08. The zero-order valence-corrected chi connectivity index (χ0v) is 17.1. The molecule has 0 aromatic heterocycles. The number of benzene rings is 2. The number of halogens is 1. The first-order chi connectivity index (χ1) is 13.2. The molecule has 6 heteroatoms. The highest BCUT2D eigenvalue weighted by Gasteiger charge is 2.04. The van der Waals surface area contributed by atoms with Crippen LogP contribution in [0.5, 0.6) is 5.75 Å². The van der Waals surface area contributed by atoms with E-state index in [1.165, 1.54) is 0 Å². The minimum Gasteiger partial charge on any atom is -0.489 e. The predicted octanol–water partition coefficient (Wildman–Crippen LogP) is 3.19. The van der Waals surface area contributed by atoms with E-state index in [4.69, 9.17) is 16.2 Å². The number of ether oxygens (including phenoxy) is 1. The molecule has 2 rings (SSSR count). The largest absolute Gasteiger partial charge is 0.489 e. The Morgan fingerprint density at radius 3 is 2.39 bits per heavy atom. The molecule has 0 bridgehead atoms. The van der Waals surface area contributed by atoms with Crippen LogP contribution in [0.3, 0.4) is 0 Å². The summed E-state index contributed by atoms with van der Waals surface area (Å²) in [6.45, 7) is 1.77. The molecule has 0 aliphatic rings. The summed E-state index contributed by atoms with van der Waals surface area (Å²) in [4.78, 5) is 11.9. The van der Waals surface area contributed by atoms with E-state index in [9.17, 15) is 4.79 Å². The molecule has 1 atom stereocenters. The van der Waals surface area contributed by atoms with Crippen molar-refractivity contribution < 1.29 is 9.53 Å². The van der Waals surface area contributed by atoms with E-state index >= 15 is 0 Å². The summed E-state index contributed by atoms with van der Waals surface area (Å²) in [6, 6.07) is 18.1. The number of aryl methyl sites for hydroxylation is 1. The molecular formula is C22H32ClN3O2. The maximum atomic E-state index is 11.9. The van der Waals surface area contributed by atoms with E-state index in [0.29, 0.717) is 26.1 Å². The quantitative estimate of drug-likeness (QED) is 0.473. The Bertz CT molecular complexity index is 665. The van der Waals surface area contributed by atoms with Crippen LogP contribution in [0.2, 0.25) is 0 Å². The second-order valence-electron chi connectivity index (χ2n) is 6.76. The molecular weight excluding hydrogens is 374 g/mol. The van der Waals surface area contributed by atoms with Gasteiger partial charge in [0.1, 0.15) is 12.4 Å². The van der Waals surface area contributed by atoms with Gasteiger partial charge in [0.15, 0.2) is 0 Å². The van der Waals surface area contributed by atoms with Crippen LogP contribution in [0.25, 0.3) is 0 Å². The van der Waals surface area contributed by atoms with Crippen LogP contribution >= 0.6 is 12.4 Å². The van der Waals surface area contributed by atoms with Crippen molar-refractivity contribution in [2.45, 2.75) is 44.8 Å². The van der Waals surface area contributed by atoms with E-state index in [0.717, 1.165) is 42.6 Å². The van der Waals surface area contributed by atoms with Gasteiger partial charge in [0.25, 0.3) is 0 Å². The highest BCUT2D eigenvalue weighted by Crippen LogP contribution is 2.15. The normalized spacial score (nSPS) is 11.4. The molecule has 2 aromatic carbocycles. The molecule has 0 saturated carbocycles. The number of carbonyl (C=O) groups is 1. The Morgan fingerprint density at radius 2 is 1.71 bits per heavy atom. The number of carbonyl (C=O) groups excluding carboxylic acids is 1. The number of nitrogens with one attached hydrogen (secondary N) is 1. The van der Waals surface area contributed by atoms with Crippen LogP contribution in [0.15, 0.2) is 54.6 Å². The monoisotopic (exact) mass is 405 g/mol. The molecule has 0 saturated heterocycles. The number of hydrogen-bond donors (Lipinski definition) is 3. The van der Waals surface area contributed by atoms with Crippen molar-refractivity contribution in [2.24, 2.45) is 11.5 Å². The molecule has 1 amide bonds. The number of hydrogen-bond acceptors (Lipinski definition) is 4. The number of nitrogens with two attached hydrogens (primary N) is 2. The summed E-state index contributed by atoms with van der Waals surface area (Å²) in [5.74, 6) is 0.922. The zero-order valence-electron chi connectivity index (χ0n) is 16.3. The van der Waals surface area contributed by atoms with Gasteiger partial charge in [-0.2, -0.15) is 0 Å². The third-order valence-corrected chi connectivity index (χ3v) is 4.44. The second-order valence-corrected chi connectivity index (χ2v) is 6.76. The lowest BCUT2D eigenvalue weighted by atomic mass is 10.1. The summed E-state index contributed by atoms with van der Waals surface area (Å²) < 4.78 is 5.78. The fourth-order valence-electron chi connectivity index (χ4n) is 2.72. The highest BCUT2D eigenvalue weighted by molar-refractivity contribution is 5.85. The van der Waals surface area contributed by atoms with Gasteiger partial charge in [-0.1, -0.05) is 48.9 Å². The average molecular weight is 406 g/mol. The van der Waals surface area contributed by atoms with Crippen LogP contribution < -0.4 is 21.5 Å². The molecule has 0 radical (unpaired) electrons. The van der Waals surface area contributed by atoms with Crippen LogP contribution in [0, 0.1) is 0 Å². The first kappa shape index (κ1) is 24.0. The second kappa shape index (κ2) is 14.0. The molecule has 5 N–H and O–H groups in total. The van der Waals surface area contributed by atoms with Crippen LogP contribution in [-0.4, -0.2) is 25.0 Å². The molecule has 154 valence electrons. The summed E-state index contributed by atoms with van der Waals surface area (Å²) >= 11 is 0. The molecule has 0 spiro atoms. The number of amides is 1. The fourth-order valence-corrected chi connectivity index (χ4v) is 2.72. The third-order valence-electron chi connectivity index (χ3n) is 4.44. The Morgan fingerprint density at radius 1 is 1.00 bits per heavy atom. The maximum absolute atomic E-state index is 11.9. The molecule has 0 fully saturated rings. The molecule has 0 aliphatic heterocycles. The Labute approximate surface area is 174 Å². The lowest BCUT2D eigenvalue weighted by Crippen LogP contribution is -2.30. The van der Waals surface area contributed by atoms with E-state index in [-0.39, 0.29) is 24.4 Å². The minimum atomic E-state index is 0. The summed E-state index contributed by atoms with van der Waals surface area (Å²) in [6.07, 6.45) is 4.05. The molecule has 28 heavy (non-hydrogen) atoms. The van der Waals surface area contributed by atoms with Gasteiger partial charge in [-0.3, -0.25) is 4.79 Å². The van der Waals surface area contributed by atoms with Gasteiger partial charge < -0.3 is 21.5 Å². The van der Waals surface area contributed by atoms with Gasteiger partial charge in [-0.15, -0.1) is 12.4 Å². The first-order valence-electron chi connectivity index (χ1n) is 9.65. The number of unbranched alkanes of at least 4 members (excludes halogenated alkanes) is 1. The average Bonchev–Trinajstić information content (AvgIpc) is 2.71. The predicted molar refractivity (Wildman–Crippen MR) is 117 cm³/mol. The van der Waals surface area contributed by atoms with Crippen molar-refractivity contribution in [3.63, 3.8) is 0 Å². The lowest BCUT2D eigenvalue weighted by molar-refractivity contribution is -0.121. The molecule has 0 unspecified atom stereocenters. The first-order valence-corrected chi connectivity index (χ1v) is 9.65. The lowest BCUT2D eigenvalue weighted by Gasteiger charge is -2.09. The molecule has 0 heterocycles. The van der Waals surface area contributed by atoms with Gasteiger partial charge in [-0.25, -0.2) is 0 Å². The van der Waals surface area contributed by atoms with Crippen molar-refractivity contribution in [3.8, 4) is 5.75 Å². The Balaban J connectivity index is 0.00000392. The summed E-state index contributed by atoms with van der Waals surface area (Å²) in [5, 5.41) is 2.96. The van der Waals surface area contributed by atoms with E-state index in [1.54, 1.807) is 0 Å². The molecule has 5 nitrogen and oxygen atoms in total. The standard InChI is InChI=1S/C22H31N3O2.ClH/c23-16-20(24)8-4-5-15-25-22(26)14-11-18-9-12-21(13-10-18)27-17-19-6-2-1-3-7-19;/h1-3,6-7,9-10,12-13,20H,4-5,8,11,14-17,23-24H2,(H,25,26);1H/t20-;/m0./s1. The van der Waals surface area contributed by atoms with Gasteiger partial charge in [0, 0.05) is 25.6 Å². The van der Waals surface area contributed by atoms with Crippen molar-refractivity contribution in [2.75, 3.05) is 13.1 Å². The smallest absolute Gasteiger partial charge is 0.220 e. The van der Waals surface area contributed by atoms with Gasteiger partial charge in [0.05, 0.1) is 0 Å². The van der Waals surface area contributed by atoms with Crippen molar-refractivity contribution in [3.05, 3.63) is 65.7 Å². The zero-order chi connectivity index (χ0) is 19.3. The topological polar surface area (TPSA) is 90.4 Å². The minimum absolute atomic E-state index is 0. The molecule has 2 aromatic rings. The number of rotatable bonds is 12. The SMILES string of the molecule is Cl.NC[C@@H](N)CCCCNC(=O)CCc1ccc(OCc2ccccc2)cc1. The van der Waals surface area contributed by atoms with E-state index in [1.807, 2.05) is 54.6 Å². The summed E-state index contributed by atoms with van der Waals surface area (Å²) in [5.41, 5.74) is 13.5. The van der Waals surface area contributed by atoms with E-state index < -0.39 is 0 Å². The fraction of sp³-hybridized carbons (Fsp3) is 0.409. The van der Waals surface area contributed by atoms with Crippen LogP contribution in [-0.2, 0) is 17.8 Å². The van der Waals surface area contributed by atoms with Gasteiger partial charge in [-0.05, 0) is 42.5 Å². The van der Waals surface area contributed by atoms with Crippen molar-refractivity contribution >= 4 is 18.3 Å². The van der Waals surface area contributed by atoms with Gasteiger partial charge in [0.2, 0.25) is 5.91 Å². The van der Waals surface area contributed by atoms with Crippen molar-refractivity contribution in [1.82, 2.24) is 5.32 Å². The third kappa shape index (κ3) is 9.74. The van der Waals surface area contributed by atoms with Crippen LogP contribution in [0.4, 0.5) is 0 Å². The summed E-state index contributed by atoms with van der Waals surface area (Å²) in [7, 11) is 0. The van der Waals surface area contributed by atoms with Crippen molar-refractivity contribution in [1.29, 1.82) is 0 Å². The maximum Gasteiger partial charge on any atom is 0.220 e. The van der Waals surface area contributed by atoms with Gasteiger partial charge >= 0.3 is 0 Å². The highest BCUT2D eigenvalue weighted by atomic mass is 35.5.